The van der Waals surface area contributed by atoms with Crippen molar-refractivity contribution in [2.75, 3.05) is 26.6 Å². The number of unbranched alkanes of at least 4 members (excludes halogenated alkanes) is 1. The van der Waals surface area contributed by atoms with E-state index in [1.807, 2.05) is 0 Å². The molecule has 0 aliphatic rings. The third-order valence-electron chi connectivity index (χ3n) is 1.19. The second-order valence-electron chi connectivity index (χ2n) is 2.06. The molecule has 0 bridgehead atoms. The van der Waals surface area contributed by atoms with Crippen LogP contribution in [0.15, 0.2) is 0 Å². The SMILES string of the molecule is C[O][Al]([O]C)[O]CCCCS. The van der Waals surface area contributed by atoms with E-state index in [0.717, 1.165) is 25.2 Å². The van der Waals surface area contributed by atoms with Crippen LogP contribution < -0.4 is 0 Å². The summed E-state index contributed by atoms with van der Waals surface area (Å²) in [6.45, 7) is 0.721. The molecule has 3 nitrogen and oxygen atoms in total. The number of thiol groups is 1. The summed E-state index contributed by atoms with van der Waals surface area (Å²) in [5, 5.41) is 0. The average molecular weight is 194 g/mol. The third kappa shape index (κ3) is 7.13. The first kappa shape index (κ1) is 11.8. The highest BCUT2D eigenvalue weighted by atomic mass is 32.1. The lowest BCUT2D eigenvalue weighted by Crippen LogP contribution is -2.24. The molecule has 0 unspecified atom stereocenters. The molecule has 0 saturated heterocycles. The summed E-state index contributed by atoms with van der Waals surface area (Å²) >= 11 is 2.32. The first-order valence-corrected chi connectivity index (χ1v) is 5.68. The van der Waals surface area contributed by atoms with Gasteiger partial charge in [0.05, 0.1) is 0 Å². The summed E-state index contributed by atoms with van der Waals surface area (Å²) in [5.74, 6) is 0.912. The highest BCUT2D eigenvalue weighted by Crippen LogP contribution is 1.95. The Bertz CT molecular complexity index is 80.2. The molecule has 0 aliphatic carbocycles. The summed E-state index contributed by atoms with van der Waals surface area (Å²) in [6, 6.07) is 0. The topological polar surface area (TPSA) is 27.7 Å². The van der Waals surface area contributed by atoms with Crippen LogP contribution in [0.5, 0.6) is 0 Å². The fourth-order valence-corrected chi connectivity index (χ4v) is 1.67. The van der Waals surface area contributed by atoms with Gasteiger partial charge in [-0.25, -0.2) is 0 Å². The van der Waals surface area contributed by atoms with E-state index >= 15 is 0 Å². The van der Waals surface area contributed by atoms with E-state index in [1.54, 1.807) is 14.2 Å². The number of hydrogen-bond acceptors (Lipinski definition) is 4. The fourth-order valence-electron chi connectivity index (χ4n) is 0.626. The zero-order valence-electron chi connectivity index (χ0n) is 7.08. The first-order valence-electron chi connectivity index (χ1n) is 3.63. The smallest absolute Gasteiger partial charge is 0.457 e. The maximum Gasteiger partial charge on any atom is 0.905 e. The first-order chi connectivity index (χ1) is 5.35. The molecule has 0 spiro atoms. The van der Waals surface area contributed by atoms with Crippen molar-refractivity contribution in [3.05, 3.63) is 0 Å². The van der Waals surface area contributed by atoms with Crippen molar-refractivity contribution in [2.24, 2.45) is 0 Å². The molecular weight excluding hydrogens is 179 g/mol. The van der Waals surface area contributed by atoms with Crippen molar-refractivity contribution >= 4 is 27.8 Å². The number of hydrogen-bond donors (Lipinski definition) is 1. The van der Waals surface area contributed by atoms with Gasteiger partial charge in [-0.2, -0.15) is 12.6 Å². The van der Waals surface area contributed by atoms with E-state index in [-0.39, 0.29) is 0 Å². The van der Waals surface area contributed by atoms with E-state index < -0.39 is 15.1 Å². The van der Waals surface area contributed by atoms with Crippen molar-refractivity contribution in [1.82, 2.24) is 0 Å². The van der Waals surface area contributed by atoms with Crippen molar-refractivity contribution in [1.29, 1.82) is 0 Å². The molecule has 0 atom stereocenters. The van der Waals surface area contributed by atoms with Crippen LogP contribution in [-0.2, 0) is 11.4 Å². The fraction of sp³-hybridized carbons (Fsp3) is 1.00. The molecule has 0 amide bonds. The zero-order valence-corrected chi connectivity index (χ0v) is 9.13. The quantitative estimate of drug-likeness (QED) is 0.372. The Labute approximate surface area is 78.8 Å². The third-order valence-corrected chi connectivity index (χ3v) is 2.79. The van der Waals surface area contributed by atoms with E-state index in [0.29, 0.717) is 0 Å². The van der Waals surface area contributed by atoms with Gasteiger partial charge in [0.1, 0.15) is 0 Å². The molecule has 0 radical (unpaired) electrons. The molecule has 0 rings (SSSR count). The highest BCUT2D eigenvalue weighted by molar-refractivity contribution is 7.80. The lowest BCUT2D eigenvalue weighted by atomic mass is 10.4. The van der Waals surface area contributed by atoms with Gasteiger partial charge in [-0.15, -0.1) is 0 Å². The Morgan fingerprint density at radius 2 is 1.82 bits per heavy atom. The standard InChI is InChI=1S/C4H9OS.2CH3O.Al/c5-3-1-2-4-6;2*1-2;/h6H,1-4H2;2*1H3;/q3*-1;+3. The molecule has 5 heteroatoms. The molecule has 0 aromatic rings. The van der Waals surface area contributed by atoms with Gasteiger partial charge in [0.15, 0.2) is 0 Å². The number of rotatable bonds is 7. The molecule has 0 aliphatic heterocycles. The van der Waals surface area contributed by atoms with Crippen LogP contribution in [0.4, 0.5) is 0 Å². The van der Waals surface area contributed by atoms with Crippen LogP contribution in [-0.4, -0.2) is 41.7 Å². The summed E-state index contributed by atoms with van der Waals surface area (Å²) < 4.78 is 15.2. The highest BCUT2D eigenvalue weighted by Gasteiger charge is 2.26. The van der Waals surface area contributed by atoms with Gasteiger partial charge in [-0.05, 0) is 18.6 Å². The maximum atomic E-state index is 5.30. The van der Waals surface area contributed by atoms with Crippen LogP contribution in [0.1, 0.15) is 12.8 Å². The van der Waals surface area contributed by atoms with Crippen LogP contribution in [0.3, 0.4) is 0 Å². The minimum atomic E-state index is -1.76. The van der Waals surface area contributed by atoms with Crippen molar-refractivity contribution in [3.63, 3.8) is 0 Å². The summed E-state index contributed by atoms with van der Waals surface area (Å²) in [7, 11) is 3.22. The average Bonchev–Trinajstić information content (AvgIpc) is 2.05. The summed E-state index contributed by atoms with van der Waals surface area (Å²) in [4.78, 5) is 0. The molecule has 0 heterocycles. The van der Waals surface area contributed by atoms with Crippen molar-refractivity contribution < 1.29 is 11.4 Å². The Hall–Kier alpha value is 0.762. The van der Waals surface area contributed by atoms with Crippen molar-refractivity contribution in [2.45, 2.75) is 12.8 Å². The summed E-state index contributed by atoms with van der Waals surface area (Å²) in [6.07, 6.45) is 2.11. The van der Waals surface area contributed by atoms with E-state index in [9.17, 15) is 0 Å². The van der Waals surface area contributed by atoms with Gasteiger partial charge < -0.3 is 11.4 Å². The van der Waals surface area contributed by atoms with Crippen LogP contribution in [0.2, 0.25) is 0 Å². The van der Waals surface area contributed by atoms with Gasteiger partial charge in [-0.1, -0.05) is 0 Å². The van der Waals surface area contributed by atoms with Gasteiger partial charge in [0, 0.05) is 20.8 Å². The Balaban J connectivity index is 3.07. The Kier molecular flexibility index (Phi) is 9.47. The maximum absolute atomic E-state index is 5.30. The molecule has 0 fully saturated rings. The van der Waals surface area contributed by atoms with E-state index in [2.05, 4.69) is 12.6 Å². The predicted octanol–water partition coefficient (Wildman–Crippen LogP) is 0.991. The van der Waals surface area contributed by atoms with Crippen LogP contribution in [0.25, 0.3) is 0 Å². The molecular formula is C6H15AlO3S. The van der Waals surface area contributed by atoms with Gasteiger partial charge in [0.25, 0.3) is 0 Å². The monoisotopic (exact) mass is 194 g/mol. The zero-order chi connectivity index (χ0) is 8.53. The van der Waals surface area contributed by atoms with Crippen molar-refractivity contribution in [3.8, 4) is 0 Å². The Morgan fingerprint density at radius 1 is 1.18 bits per heavy atom. The largest absolute Gasteiger partial charge is 0.905 e. The van der Waals surface area contributed by atoms with E-state index in [4.69, 9.17) is 11.4 Å². The summed E-state index contributed by atoms with van der Waals surface area (Å²) in [5.41, 5.74) is 0. The lowest BCUT2D eigenvalue weighted by Gasteiger charge is -2.06. The normalized spacial score (nSPS) is 10.1. The molecule has 0 N–H and O–H groups in total. The van der Waals surface area contributed by atoms with Crippen LogP contribution >= 0.6 is 12.6 Å². The molecule has 0 aromatic heterocycles. The molecule has 0 saturated carbocycles. The Morgan fingerprint density at radius 3 is 2.27 bits per heavy atom. The molecule has 66 valence electrons. The van der Waals surface area contributed by atoms with E-state index in [1.165, 1.54) is 0 Å². The molecule has 0 aromatic carbocycles. The minimum Gasteiger partial charge on any atom is -0.457 e. The predicted molar refractivity (Wildman–Crippen MR) is 48.8 cm³/mol. The van der Waals surface area contributed by atoms with Gasteiger partial charge in [-0.3, -0.25) is 0 Å². The molecule has 11 heavy (non-hydrogen) atoms. The van der Waals surface area contributed by atoms with Gasteiger partial charge >= 0.3 is 15.1 Å². The second-order valence-corrected chi connectivity index (χ2v) is 4.36. The lowest BCUT2D eigenvalue weighted by molar-refractivity contribution is 0.134. The van der Waals surface area contributed by atoms with Crippen LogP contribution in [0, 0.1) is 0 Å². The minimum absolute atomic E-state index is 0.721. The second kappa shape index (κ2) is 8.86. The van der Waals surface area contributed by atoms with Gasteiger partial charge in [0.2, 0.25) is 0 Å².